The maximum atomic E-state index is 13.1. The van der Waals surface area contributed by atoms with Gasteiger partial charge in [0.25, 0.3) is 10.0 Å². The first-order chi connectivity index (χ1) is 13.1. The van der Waals surface area contributed by atoms with E-state index in [1.807, 2.05) is 13.8 Å². The van der Waals surface area contributed by atoms with Crippen molar-refractivity contribution >= 4 is 21.7 Å². The SMILES string of the molecule is CCOc1cc2c(cc1NS(=O)(=O)c1cc(C(=O)O)cc(C)c1C)O[C@H](C)C2. The number of carboxylic acid groups (broad SMARTS) is 1. The Morgan fingerprint density at radius 3 is 2.64 bits per heavy atom. The third-order valence-electron chi connectivity index (χ3n) is 4.70. The van der Waals surface area contributed by atoms with Gasteiger partial charge in [-0.05, 0) is 57.0 Å². The summed E-state index contributed by atoms with van der Waals surface area (Å²) in [6, 6.07) is 6.02. The molecule has 8 heteroatoms. The van der Waals surface area contributed by atoms with E-state index in [1.165, 1.54) is 12.1 Å². The first-order valence-corrected chi connectivity index (χ1v) is 10.4. The van der Waals surface area contributed by atoms with E-state index in [0.717, 1.165) is 12.0 Å². The van der Waals surface area contributed by atoms with Gasteiger partial charge in [-0.15, -0.1) is 0 Å². The molecule has 1 heterocycles. The number of rotatable bonds is 6. The molecule has 0 unspecified atom stereocenters. The van der Waals surface area contributed by atoms with E-state index in [9.17, 15) is 18.3 Å². The normalized spacial score (nSPS) is 15.6. The molecule has 0 bridgehead atoms. The highest BCUT2D eigenvalue weighted by molar-refractivity contribution is 7.92. The van der Waals surface area contributed by atoms with Gasteiger partial charge in [0.15, 0.2) is 0 Å². The van der Waals surface area contributed by atoms with Gasteiger partial charge in [-0.2, -0.15) is 0 Å². The minimum Gasteiger partial charge on any atom is -0.492 e. The van der Waals surface area contributed by atoms with Crippen LogP contribution in [-0.4, -0.2) is 32.2 Å². The highest BCUT2D eigenvalue weighted by Crippen LogP contribution is 2.39. The highest BCUT2D eigenvalue weighted by Gasteiger charge is 2.26. The van der Waals surface area contributed by atoms with Crippen molar-refractivity contribution in [1.29, 1.82) is 0 Å². The molecule has 28 heavy (non-hydrogen) atoms. The van der Waals surface area contributed by atoms with Crippen molar-refractivity contribution in [3.05, 3.63) is 46.5 Å². The summed E-state index contributed by atoms with van der Waals surface area (Å²) in [5, 5.41) is 9.27. The van der Waals surface area contributed by atoms with Gasteiger partial charge in [0, 0.05) is 18.1 Å². The molecule has 1 aliphatic rings. The zero-order valence-corrected chi connectivity index (χ0v) is 17.0. The van der Waals surface area contributed by atoms with Crippen LogP contribution in [0.2, 0.25) is 0 Å². The highest BCUT2D eigenvalue weighted by atomic mass is 32.2. The lowest BCUT2D eigenvalue weighted by Crippen LogP contribution is -2.17. The quantitative estimate of drug-likeness (QED) is 0.762. The number of benzene rings is 2. The van der Waals surface area contributed by atoms with Crippen LogP contribution < -0.4 is 14.2 Å². The summed E-state index contributed by atoms with van der Waals surface area (Å²) < 4.78 is 40.0. The van der Waals surface area contributed by atoms with E-state index in [-0.39, 0.29) is 22.3 Å². The van der Waals surface area contributed by atoms with Crippen molar-refractivity contribution < 1.29 is 27.8 Å². The summed E-state index contributed by atoms with van der Waals surface area (Å²) >= 11 is 0. The molecular weight excluding hydrogens is 382 g/mol. The second-order valence-corrected chi connectivity index (χ2v) is 8.50. The molecule has 2 N–H and O–H groups in total. The Kier molecular flexibility index (Phi) is 5.25. The van der Waals surface area contributed by atoms with Crippen molar-refractivity contribution in [1.82, 2.24) is 0 Å². The van der Waals surface area contributed by atoms with Gasteiger partial charge in [0.1, 0.15) is 17.6 Å². The molecule has 0 radical (unpaired) electrons. The number of sulfonamides is 1. The number of carboxylic acids is 1. The molecule has 0 fully saturated rings. The topological polar surface area (TPSA) is 102 Å². The first kappa shape index (κ1) is 20.0. The number of carbonyl (C=O) groups is 1. The maximum Gasteiger partial charge on any atom is 0.335 e. The van der Waals surface area contributed by atoms with Gasteiger partial charge >= 0.3 is 5.97 Å². The lowest BCUT2D eigenvalue weighted by atomic mass is 10.1. The van der Waals surface area contributed by atoms with E-state index in [0.29, 0.717) is 29.2 Å². The van der Waals surface area contributed by atoms with Crippen molar-refractivity contribution in [3.8, 4) is 11.5 Å². The average molecular weight is 405 g/mol. The van der Waals surface area contributed by atoms with Crippen LogP contribution in [0.3, 0.4) is 0 Å². The molecule has 0 saturated heterocycles. The fourth-order valence-corrected chi connectivity index (χ4v) is 4.63. The van der Waals surface area contributed by atoms with E-state index in [4.69, 9.17) is 9.47 Å². The average Bonchev–Trinajstić information content (AvgIpc) is 2.95. The monoisotopic (exact) mass is 405 g/mol. The number of nitrogens with one attached hydrogen (secondary N) is 1. The molecule has 2 aromatic carbocycles. The smallest absolute Gasteiger partial charge is 0.335 e. The van der Waals surface area contributed by atoms with Crippen LogP contribution in [0.15, 0.2) is 29.2 Å². The summed E-state index contributed by atoms with van der Waals surface area (Å²) in [7, 11) is -4.04. The zero-order chi connectivity index (χ0) is 20.6. The lowest BCUT2D eigenvalue weighted by molar-refractivity contribution is 0.0696. The van der Waals surface area contributed by atoms with Gasteiger partial charge in [-0.1, -0.05) is 0 Å². The standard InChI is InChI=1S/C20H23NO6S/c1-5-26-18-8-14-7-12(3)27-17(14)10-16(18)21-28(24,25)19-9-15(20(22)23)6-11(2)13(19)4/h6,8-10,12,21H,5,7H2,1-4H3,(H,22,23)/t12-/m1/s1. The van der Waals surface area contributed by atoms with Gasteiger partial charge in [-0.25, -0.2) is 13.2 Å². The number of hydrogen-bond donors (Lipinski definition) is 2. The second-order valence-electron chi connectivity index (χ2n) is 6.85. The van der Waals surface area contributed by atoms with Gasteiger partial charge in [-0.3, -0.25) is 4.72 Å². The molecule has 150 valence electrons. The molecule has 1 atom stereocenters. The van der Waals surface area contributed by atoms with Crippen LogP contribution in [0.4, 0.5) is 5.69 Å². The predicted octanol–water partition coefficient (Wildman–Crippen LogP) is 3.52. The number of anilines is 1. The third kappa shape index (κ3) is 3.77. The molecular formula is C20H23NO6S. The molecule has 7 nitrogen and oxygen atoms in total. The van der Waals surface area contributed by atoms with E-state index >= 15 is 0 Å². The summed E-state index contributed by atoms with van der Waals surface area (Å²) in [5.41, 5.74) is 2.20. The molecule has 2 aromatic rings. The van der Waals surface area contributed by atoms with Crippen molar-refractivity contribution in [2.45, 2.75) is 45.1 Å². The first-order valence-electron chi connectivity index (χ1n) is 8.96. The summed E-state index contributed by atoms with van der Waals surface area (Å²) in [5.74, 6) is -0.165. The van der Waals surface area contributed by atoms with E-state index in [2.05, 4.69) is 4.72 Å². The van der Waals surface area contributed by atoms with Crippen LogP contribution in [0.1, 0.15) is 40.9 Å². The van der Waals surface area contributed by atoms with Gasteiger partial charge < -0.3 is 14.6 Å². The molecule has 3 rings (SSSR count). The molecule has 0 spiro atoms. The van der Waals surface area contributed by atoms with Crippen LogP contribution >= 0.6 is 0 Å². The van der Waals surface area contributed by atoms with Gasteiger partial charge in [0.05, 0.1) is 22.8 Å². The fourth-order valence-electron chi connectivity index (χ4n) is 3.22. The molecule has 0 saturated carbocycles. The van der Waals surface area contributed by atoms with E-state index in [1.54, 1.807) is 26.0 Å². The summed E-state index contributed by atoms with van der Waals surface area (Å²) in [6.45, 7) is 7.45. The molecule has 0 aliphatic carbocycles. The molecule has 0 aromatic heterocycles. The lowest BCUT2D eigenvalue weighted by Gasteiger charge is -2.16. The Morgan fingerprint density at radius 1 is 1.29 bits per heavy atom. The van der Waals surface area contributed by atoms with Crippen LogP contribution in [-0.2, 0) is 16.4 Å². The Hall–Kier alpha value is -2.74. The minimum absolute atomic E-state index is 0.00785. The van der Waals surface area contributed by atoms with Crippen LogP contribution in [0, 0.1) is 13.8 Å². The number of aromatic carboxylic acids is 1. The molecule has 0 amide bonds. The number of hydrogen-bond acceptors (Lipinski definition) is 5. The van der Waals surface area contributed by atoms with E-state index < -0.39 is 16.0 Å². The fraction of sp³-hybridized carbons (Fsp3) is 0.350. The van der Waals surface area contributed by atoms with Crippen LogP contribution in [0.5, 0.6) is 11.5 Å². The third-order valence-corrected chi connectivity index (χ3v) is 6.19. The van der Waals surface area contributed by atoms with Gasteiger partial charge in [0.2, 0.25) is 0 Å². The zero-order valence-electron chi connectivity index (χ0n) is 16.2. The Balaban J connectivity index is 2.06. The van der Waals surface area contributed by atoms with Crippen molar-refractivity contribution in [3.63, 3.8) is 0 Å². The molecule has 1 aliphatic heterocycles. The maximum absolute atomic E-state index is 13.1. The minimum atomic E-state index is -4.04. The van der Waals surface area contributed by atoms with Crippen LogP contribution in [0.25, 0.3) is 0 Å². The second kappa shape index (κ2) is 7.35. The summed E-state index contributed by atoms with van der Waals surface area (Å²) in [4.78, 5) is 11.3. The number of aryl methyl sites for hydroxylation is 1. The number of fused-ring (bicyclic) bond motifs is 1. The largest absolute Gasteiger partial charge is 0.492 e. The Labute approximate surface area is 164 Å². The number of ether oxygens (including phenoxy) is 2. The predicted molar refractivity (Wildman–Crippen MR) is 105 cm³/mol. The summed E-state index contributed by atoms with van der Waals surface area (Å²) in [6.07, 6.45) is 0.731. The Bertz CT molecular complexity index is 1050. The van der Waals surface area contributed by atoms with Crippen molar-refractivity contribution in [2.75, 3.05) is 11.3 Å². The Morgan fingerprint density at radius 2 is 2.00 bits per heavy atom. The van der Waals surface area contributed by atoms with Crippen molar-refractivity contribution in [2.24, 2.45) is 0 Å².